The number of piperazine rings is 1. The second kappa shape index (κ2) is 7.82. The summed E-state index contributed by atoms with van der Waals surface area (Å²) in [4.78, 5) is 27.2. The molecule has 1 aliphatic carbocycles. The molecular formula is C22H25N3O2. The quantitative estimate of drug-likeness (QED) is 0.880. The average Bonchev–Trinajstić information content (AvgIpc) is 2.70. The molecule has 0 aromatic heterocycles. The number of rotatable bonds is 3. The molecule has 2 aromatic carbocycles. The van der Waals surface area contributed by atoms with Gasteiger partial charge in [-0.15, -0.1) is 0 Å². The van der Waals surface area contributed by atoms with Crippen LogP contribution >= 0.6 is 0 Å². The summed E-state index contributed by atoms with van der Waals surface area (Å²) in [6, 6.07) is 15.3. The van der Waals surface area contributed by atoms with E-state index in [-0.39, 0.29) is 11.9 Å². The first-order valence-electron chi connectivity index (χ1n) is 9.72. The highest BCUT2D eigenvalue weighted by Gasteiger charge is 2.33. The molecule has 0 saturated carbocycles. The van der Waals surface area contributed by atoms with Crippen molar-refractivity contribution in [3.8, 4) is 0 Å². The van der Waals surface area contributed by atoms with Gasteiger partial charge in [0.2, 0.25) is 5.91 Å². The third-order valence-electron chi connectivity index (χ3n) is 5.50. The molecule has 1 saturated heterocycles. The fourth-order valence-electron chi connectivity index (χ4n) is 4.08. The molecule has 5 heteroatoms. The molecule has 2 aromatic rings. The number of hydrogen-bond donors (Lipinski definition) is 2. The topological polar surface area (TPSA) is 61.4 Å². The van der Waals surface area contributed by atoms with Crippen LogP contribution in [0.4, 0.5) is 10.5 Å². The van der Waals surface area contributed by atoms with Gasteiger partial charge < -0.3 is 15.5 Å². The van der Waals surface area contributed by atoms with E-state index in [0.29, 0.717) is 19.5 Å². The van der Waals surface area contributed by atoms with E-state index in [1.807, 2.05) is 42.5 Å². The molecule has 5 nitrogen and oxygen atoms in total. The Morgan fingerprint density at radius 3 is 2.74 bits per heavy atom. The maximum Gasteiger partial charge on any atom is 0.322 e. The minimum absolute atomic E-state index is 0.0876. The van der Waals surface area contributed by atoms with Gasteiger partial charge in [0, 0.05) is 25.2 Å². The molecular weight excluding hydrogens is 338 g/mol. The number of carbonyl (C=O) groups excluding carboxylic acids is 2. The van der Waals surface area contributed by atoms with Crippen LogP contribution in [-0.2, 0) is 24.1 Å². The molecule has 1 fully saturated rings. The summed E-state index contributed by atoms with van der Waals surface area (Å²) >= 11 is 0. The zero-order chi connectivity index (χ0) is 18.6. The zero-order valence-corrected chi connectivity index (χ0v) is 15.4. The van der Waals surface area contributed by atoms with E-state index in [1.54, 1.807) is 4.90 Å². The Balaban J connectivity index is 1.53. The van der Waals surface area contributed by atoms with Crippen LogP contribution in [0, 0.1) is 0 Å². The Labute approximate surface area is 159 Å². The van der Waals surface area contributed by atoms with Crippen molar-refractivity contribution in [1.82, 2.24) is 10.2 Å². The maximum absolute atomic E-state index is 13.0. The first-order valence-corrected chi connectivity index (χ1v) is 9.72. The van der Waals surface area contributed by atoms with E-state index in [1.165, 1.54) is 17.5 Å². The van der Waals surface area contributed by atoms with Crippen molar-refractivity contribution in [3.05, 3.63) is 65.2 Å². The van der Waals surface area contributed by atoms with Gasteiger partial charge in [0.05, 0.1) is 0 Å². The number of fused-ring (bicyclic) bond motifs is 1. The molecule has 140 valence electrons. The van der Waals surface area contributed by atoms with E-state index >= 15 is 0 Å². The SMILES string of the molecule is O=C1NCCN(C(=O)Nc2cccc3c2CCCC3)[C@H]1Cc1ccccc1. The van der Waals surface area contributed by atoms with Crippen molar-refractivity contribution in [2.24, 2.45) is 0 Å². The van der Waals surface area contributed by atoms with Crippen LogP contribution in [0.15, 0.2) is 48.5 Å². The lowest BCUT2D eigenvalue weighted by atomic mass is 9.90. The summed E-state index contributed by atoms with van der Waals surface area (Å²) in [5.41, 5.74) is 4.52. The van der Waals surface area contributed by atoms with Crippen LogP contribution in [-0.4, -0.2) is 36.0 Å². The number of anilines is 1. The molecule has 1 aliphatic heterocycles. The van der Waals surface area contributed by atoms with E-state index in [0.717, 1.165) is 30.5 Å². The molecule has 0 unspecified atom stereocenters. The van der Waals surface area contributed by atoms with Crippen molar-refractivity contribution in [2.45, 2.75) is 38.1 Å². The van der Waals surface area contributed by atoms with Gasteiger partial charge in [-0.1, -0.05) is 42.5 Å². The fourth-order valence-corrected chi connectivity index (χ4v) is 4.08. The van der Waals surface area contributed by atoms with Gasteiger partial charge in [0.1, 0.15) is 6.04 Å². The van der Waals surface area contributed by atoms with Gasteiger partial charge in [0.25, 0.3) is 0 Å². The highest BCUT2D eigenvalue weighted by atomic mass is 16.2. The Morgan fingerprint density at radius 1 is 1.07 bits per heavy atom. The minimum Gasteiger partial charge on any atom is -0.353 e. The van der Waals surface area contributed by atoms with Gasteiger partial charge in [-0.2, -0.15) is 0 Å². The first-order chi connectivity index (χ1) is 13.2. The number of nitrogens with one attached hydrogen (secondary N) is 2. The Hall–Kier alpha value is -2.82. The highest BCUT2D eigenvalue weighted by molar-refractivity contribution is 5.95. The molecule has 2 N–H and O–H groups in total. The smallest absolute Gasteiger partial charge is 0.322 e. The van der Waals surface area contributed by atoms with Gasteiger partial charge in [-0.3, -0.25) is 4.79 Å². The molecule has 0 radical (unpaired) electrons. The van der Waals surface area contributed by atoms with Crippen molar-refractivity contribution in [2.75, 3.05) is 18.4 Å². The van der Waals surface area contributed by atoms with Crippen LogP contribution in [0.25, 0.3) is 0 Å². The normalized spacial score (nSPS) is 19.2. The van der Waals surface area contributed by atoms with Crippen molar-refractivity contribution >= 4 is 17.6 Å². The molecule has 1 heterocycles. The van der Waals surface area contributed by atoms with Crippen LogP contribution in [0.5, 0.6) is 0 Å². The third kappa shape index (κ3) is 3.82. The predicted octanol–water partition coefficient (Wildman–Crippen LogP) is 3.14. The molecule has 1 atom stereocenters. The molecule has 3 amide bonds. The highest BCUT2D eigenvalue weighted by Crippen LogP contribution is 2.28. The summed E-state index contributed by atoms with van der Waals surface area (Å²) in [6.07, 6.45) is 4.95. The molecule has 2 aliphatic rings. The van der Waals surface area contributed by atoms with E-state index < -0.39 is 6.04 Å². The first kappa shape index (κ1) is 17.6. The number of urea groups is 1. The van der Waals surface area contributed by atoms with Gasteiger partial charge in [-0.05, 0) is 48.4 Å². The van der Waals surface area contributed by atoms with Crippen molar-refractivity contribution < 1.29 is 9.59 Å². The molecule has 0 bridgehead atoms. The van der Waals surface area contributed by atoms with E-state index in [9.17, 15) is 9.59 Å². The van der Waals surface area contributed by atoms with Gasteiger partial charge in [0.15, 0.2) is 0 Å². The zero-order valence-electron chi connectivity index (χ0n) is 15.4. The van der Waals surface area contributed by atoms with E-state index in [4.69, 9.17) is 0 Å². The number of amides is 3. The van der Waals surface area contributed by atoms with Crippen LogP contribution < -0.4 is 10.6 Å². The number of carbonyl (C=O) groups is 2. The van der Waals surface area contributed by atoms with Crippen molar-refractivity contribution in [3.63, 3.8) is 0 Å². The summed E-state index contributed by atoms with van der Waals surface area (Å²) < 4.78 is 0. The Morgan fingerprint density at radius 2 is 1.89 bits per heavy atom. The standard InChI is InChI=1S/C22H25N3O2/c26-21-20(15-16-7-2-1-3-8-16)25(14-13-23-21)22(27)24-19-12-6-10-17-9-4-5-11-18(17)19/h1-3,6-8,10,12,20H,4-5,9,11,13-15H2,(H,23,26)(H,24,27)/t20-/m0/s1. The monoisotopic (exact) mass is 363 g/mol. The summed E-state index contributed by atoms with van der Waals surface area (Å²) in [7, 11) is 0. The molecule has 27 heavy (non-hydrogen) atoms. The maximum atomic E-state index is 13.0. The van der Waals surface area contributed by atoms with Crippen molar-refractivity contribution in [1.29, 1.82) is 0 Å². The molecule has 4 rings (SSSR count). The lowest BCUT2D eigenvalue weighted by molar-refractivity contribution is -0.127. The van der Waals surface area contributed by atoms with Crippen LogP contribution in [0.3, 0.4) is 0 Å². The third-order valence-corrected chi connectivity index (χ3v) is 5.50. The average molecular weight is 363 g/mol. The summed E-state index contributed by atoms with van der Waals surface area (Å²) in [5.74, 6) is -0.0876. The summed E-state index contributed by atoms with van der Waals surface area (Å²) in [6.45, 7) is 1.01. The minimum atomic E-state index is -0.485. The van der Waals surface area contributed by atoms with E-state index in [2.05, 4.69) is 16.7 Å². The number of benzene rings is 2. The second-order valence-electron chi connectivity index (χ2n) is 7.27. The largest absolute Gasteiger partial charge is 0.353 e. The lowest BCUT2D eigenvalue weighted by Gasteiger charge is -2.35. The number of nitrogens with zero attached hydrogens (tertiary/aromatic N) is 1. The predicted molar refractivity (Wildman–Crippen MR) is 106 cm³/mol. The van der Waals surface area contributed by atoms with Crippen LogP contribution in [0.2, 0.25) is 0 Å². The Kier molecular flexibility index (Phi) is 5.10. The Bertz CT molecular complexity index is 835. The van der Waals surface area contributed by atoms with Gasteiger partial charge >= 0.3 is 6.03 Å². The summed E-state index contributed by atoms with van der Waals surface area (Å²) in [5, 5.41) is 5.97. The number of hydrogen-bond acceptors (Lipinski definition) is 2. The lowest BCUT2D eigenvalue weighted by Crippen LogP contribution is -2.59. The number of aryl methyl sites for hydroxylation is 1. The van der Waals surface area contributed by atoms with Crippen LogP contribution in [0.1, 0.15) is 29.5 Å². The fraction of sp³-hybridized carbons (Fsp3) is 0.364. The molecule has 0 spiro atoms. The van der Waals surface area contributed by atoms with Gasteiger partial charge in [-0.25, -0.2) is 4.79 Å². The second-order valence-corrected chi connectivity index (χ2v) is 7.27.